The van der Waals surface area contributed by atoms with Crippen LogP contribution in [0.15, 0.2) is 6.20 Å². The maximum atomic E-state index is 4.52. The van der Waals surface area contributed by atoms with Crippen molar-refractivity contribution in [3.63, 3.8) is 0 Å². The van der Waals surface area contributed by atoms with Crippen molar-refractivity contribution < 1.29 is 0 Å². The second-order valence-corrected chi connectivity index (χ2v) is 4.26. The molecule has 0 aliphatic carbocycles. The molecular weight excluding hydrogens is 202 g/mol. The topological polar surface area (TPSA) is 57.7 Å². The minimum Gasteiger partial charge on any atom is -0.342 e. The lowest BCUT2D eigenvalue weighted by molar-refractivity contribution is 0.570. The number of imidazole rings is 1. The van der Waals surface area contributed by atoms with Gasteiger partial charge in [0.2, 0.25) is 5.95 Å². The SMILES string of the molecule is Cc1ncc2[nH]c(N3CCCCC3)nc2n1. The molecule has 0 spiro atoms. The number of aromatic nitrogens is 4. The first-order chi connectivity index (χ1) is 7.83. The van der Waals surface area contributed by atoms with Crippen LogP contribution in [0.3, 0.4) is 0 Å². The van der Waals surface area contributed by atoms with Crippen LogP contribution in [0.2, 0.25) is 0 Å². The molecule has 3 heterocycles. The van der Waals surface area contributed by atoms with Gasteiger partial charge >= 0.3 is 0 Å². The zero-order valence-electron chi connectivity index (χ0n) is 9.40. The van der Waals surface area contributed by atoms with Crippen molar-refractivity contribution in [2.45, 2.75) is 26.2 Å². The molecule has 0 radical (unpaired) electrons. The Hall–Kier alpha value is -1.65. The maximum absolute atomic E-state index is 4.52. The van der Waals surface area contributed by atoms with Gasteiger partial charge in [0.05, 0.1) is 6.20 Å². The van der Waals surface area contributed by atoms with E-state index in [1.54, 1.807) is 6.20 Å². The molecule has 2 aromatic rings. The van der Waals surface area contributed by atoms with E-state index in [1.807, 2.05) is 6.92 Å². The molecule has 1 aliphatic heterocycles. The first kappa shape index (κ1) is 9.57. The van der Waals surface area contributed by atoms with Crippen LogP contribution in [0.4, 0.5) is 5.95 Å². The number of rotatable bonds is 1. The lowest BCUT2D eigenvalue weighted by atomic mass is 10.1. The van der Waals surface area contributed by atoms with Crippen LogP contribution < -0.4 is 4.90 Å². The summed E-state index contributed by atoms with van der Waals surface area (Å²) in [7, 11) is 0. The molecule has 5 nitrogen and oxygen atoms in total. The van der Waals surface area contributed by atoms with Crippen LogP contribution in [0.5, 0.6) is 0 Å². The van der Waals surface area contributed by atoms with E-state index in [9.17, 15) is 0 Å². The largest absolute Gasteiger partial charge is 0.342 e. The zero-order chi connectivity index (χ0) is 11.0. The lowest BCUT2D eigenvalue weighted by Gasteiger charge is -2.25. The summed E-state index contributed by atoms with van der Waals surface area (Å²) in [5, 5.41) is 0. The molecule has 0 aromatic carbocycles. The molecular formula is C11H15N5. The maximum Gasteiger partial charge on any atom is 0.205 e. The van der Waals surface area contributed by atoms with E-state index in [2.05, 4.69) is 24.8 Å². The average Bonchev–Trinajstić information content (AvgIpc) is 2.73. The summed E-state index contributed by atoms with van der Waals surface area (Å²) in [6.07, 6.45) is 5.64. The van der Waals surface area contributed by atoms with Crippen molar-refractivity contribution in [1.82, 2.24) is 19.9 Å². The Morgan fingerprint density at radius 1 is 1.19 bits per heavy atom. The van der Waals surface area contributed by atoms with Gasteiger partial charge in [0.25, 0.3) is 0 Å². The number of hydrogen-bond acceptors (Lipinski definition) is 4. The van der Waals surface area contributed by atoms with Crippen LogP contribution in [-0.2, 0) is 0 Å². The molecule has 1 N–H and O–H groups in total. The van der Waals surface area contributed by atoms with E-state index in [0.29, 0.717) is 0 Å². The summed E-state index contributed by atoms with van der Waals surface area (Å²) >= 11 is 0. The van der Waals surface area contributed by atoms with Gasteiger partial charge in [-0.05, 0) is 26.2 Å². The van der Waals surface area contributed by atoms with Crippen molar-refractivity contribution in [2.24, 2.45) is 0 Å². The highest BCUT2D eigenvalue weighted by Crippen LogP contribution is 2.19. The summed E-state index contributed by atoms with van der Waals surface area (Å²) < 4.78 is 0. The molecule has 0 atom stereocenters. The Labute approximate surface area is 93.9 Å². The summed E-state index contributed by atoms with van der Waals surface area (Å²) in [6.45, 7) is 4.06. The van der Waals surface area contributed by atoms with Gasteiger partial charge in [0, 0.05) is 13.1 Å². The molecule has 0 saturated carbocycles. The van der Waals surface area contributed by atoms with E-state index >= 15 is 0 Å². The number of H-pyrrole nitrogens is 1. The molecule has 1 saturated heterocycles. The number of piperidine rings is 1. The summed E-state index contributed by atoms with van der Waals surface area (Å²) in [5.41, 5.74) is 1.69. The Morgan fingerprint density at radius 2 is 2.00 bits per heavy atom. The number of fused-ring (bicyclic) bond motifs is 1. The van der Waals surface area contributed by atoms with Crippen LogP contribution in [0, 0.1) is 6.92 Å². The number of anilines is 1. The predicted octanol–water partition coefficient (Wildman–Crippen LogP) is 1.65. The Bertz CT molecular complexity index is 498. The van der Waals surface area contributed by atoms with Crippen LogP contribution in [0.1, 0.15) is 25.1 Å². The fraction of sp³-hybridized carbons (Fsp3) is 0.545. The van der Waals surface area contributed by atoms with Crippen molar-refractivity contribution in [1.29, 1.82) is 0 Å². The van der Waals surface area contributed by atoms with Gasteiger partial charge in [-0.2, -0.15) is 4.98 Å². The molecule has 5 heteroatoms. The van der Waals surface area contributed by atoms with Gasteiger partial charge in [-0.1, -0.05) is 0 Å². The van der Waals surface area contributed by atoms with E-state index < -0.39 is 0 Å². The van der Waals surface area contributed by atoms with Gasteiger partial charge in [-0.15, -0.1) is 0 Å². The third-order valence-corrected chi connectivity index (χ3v) is 3.00. The van der Waals surface area contributed by atoms with Crippen molar-refractivity contribution in [2.75, 3.05) is 18.0 Å². The molecule has 0 unspecified atom stereocenters. The van der Waals surface area contributed by atoms with Gasteiger partial charge in [0.1, 0.15) is 11.3 Å². The van der Waals surface area contributed by atoms with Crippen molar-refractivity contribution in [3.8, 4) is 0 Å². The Morgan fingerprint density at radius 3 is 2.81 bits per heavy atom. The molecule has 3 rings (SSSR count). The van der Waals surface area contributed by atoms with Gasteiger partial charge in [0.15, 0.2) is 5.65 Å². The van der Waals surface area contributed by atoms with Gasteiger partial charge in [-0.3, -0.25) is 0 Å². The molecule has 1 aliphatic rings. The molecule has 1 fully saturated rings. The molecule has 2 aromatic heterocycles. The average molecular weight is 217 g/mol. The second kappa shape index (κ2) is 3.73. The number of nitrogens with zero attached hydrogens (tertiary/aromatic N) is 4. The van der Waals surface area contributed by atoms with E-state index in [1.165, 1.54) is 19.3 Å². The summed E-state index contributed by atoms with van der Waals surface area (Å²) in [4.78, 5) is 18.6. The van der Waals surface area contributed by atoms with Crippen LogP contribution >= 0.6 is 0 Å². The Kier molecular flexibility index (Phi) is 2.23. The number of aromatic amines is 1. The van der Waals surface area contributed by atoms with Crippen molar-refractivity contribution >= 4 is 17.1 Å². The predicted molar refractivity (Wildman–Crippen MR) is 62.5 cm³/mol. The van der Waals surface area contributed by atoms with E-state index in [4.69, 9.17) is 0 Å². The Balaban J connectivity index is 1.97. The van der Waals surface area contributed by atoms with Crippen LogP contribution in [-0.4, -0.2) is 33.0 Å². The zero-order valence-corrected chi connectivity index (χ0v) is 9.40. The second-order valence-electron chi connectivity index (χ2n) is 4.26. The first-order valence-corrected chi connectivity index (χ1v) is 5.77. The normalized spacial score (nSPS) is 16.9. The number of aryl methyl sites for hydroxylation is 1. The number of nitrogens with one attached hydrogen (secondary N) is 1. The molecule has 84 valence electrons. The van der Waals surface area contributed by atoms with Crippen molar-refractivity contribution in [3.05, 3.63) is 12.0 Å². The smallest absolute Gasteiger partial charge is 0.205 e. The fourth-order valence-corrected chi connectivity index (χ4v) is 2.14. The highest BCUT2D eigenvalue weighted by molar-refractivity contribution is 5.72. The molecule has 0 amide bonds. The number of hydrogen-bond donors (Lipinski definition) is 1. The minimum atomic E-state index is 0.768. The first-order valence-electron chi connectivity index (χ1n) is 5.77. The molecule has 0 bridgehead atoms. The quantitative estimate of drug-likeness (QED) is 0.789. The van der Waals surface area contributed by atoms with E-state index in [-0.39, 0.29) is 0 Å². The summed E-state index contributed by atoms with van der Waals surface area (Å²) in [6, 6.07) is 0. The van der Waals surface area contributed by atoms with Crippen LogP contribution in [0.25, 0.3) is 11.2 Å². The monoisotopic (exact) mass is 217 g/mol. The van der Waals surface area contributed by atoms with Gasteiger partial charge < -0.3 is 9.88 Å². The standard InChI is InChI=1S/C11H15N5/c1-8-12-7-9-10(13-8)15-11(14-9)16-5-3-2-4-6-16/h7H,2-6H2,1H3,(H,12,13,14,15). The molecule has 16 heavy (non-hydrogen) atoms. The third kappa shape index (κ3) is 1.62. The summed E-state index contributed by atoms with van der Waals surface area (Å²) in [5.74, 6) is 1.71. The fourth-order valence-electron chi connectivity index (χ4n) is 2.14. The van der Waals surface area contributed by atoms with E-state index in [0.717, 1.165) is 36.0 Å². The highest BCUT2D eigenvalue weighted by Gasteiger charge is 2.14. The third-order valence-electron chi connectivity index (χ3n) is 3.00. The lowest BCUT2D eigenvalue weighted by Crippen LogP contribution is -2.30. The highest BCUT2D eigenvalue weighted by atomic mass is 15.3. The van der Waals surface area contributed by atoms with Gasteiger partial charge in [-0.25, -0.2) is 9.97 Å². The minimum absolute atomic E-state index is 0.768.